The number of aromatic hydroxyl groups is 1. The predicted octanol–water partition coefficient (Wildman–Crippen LogP) is 7.23. The third-order valence-electron chi connectivity index (χ3n) is 19.5. The van der Waals surface area contributed by atoms with Crippen molar-refractivity contribution in [1.82, 2.24) is 34.8 Å². The summed E-state index contributed by atoms with van der Waals surface area (Å²) in [6, 6.07) is 6.44. The molecular weight excluding hydrogens is 1410 g/mol. The lowest BCUT2D eigenvalue weighted by Crippen LogP contribution is -2.47. The average molecular weight is 1510 g/mol. The monoisotopic (exact) mass is 1510 g/mol. The van der Waals surface area contributed by atoms with Crippen LogP contribution in [0.2, 0.25) is 0 Å². The molecule has 3 atom stereocenters. The number of benzene rings is 1. The van der Waals surface area contributed by atoms with Gasteiger partial charge in [-0.3, -0.25) is 38.5 Å². The number of rotatable bonds is 52. The number of nitrogens with one attached hydrogen (secondary N) is 1. The minimum atomic E-state index is -5.06. The van der Waals surface area contributed by atoms with E-state index in [2.05, 4.69) is 10.3 Å². The van der Waals surface area contributed by atoms with Crippen molar-refractivity contribution in [3.63, 3.8) is 0 Å². The molecule has 32 heteroatoms. The van der Waals surface area contributed by atoms with Crippen LogP contribution in [0.1, 0.15) is 133 Å². The van der Waals surface area contributed by atoms with E-state index in [1.165, 1.54) is 27.7 Å². The number of halogens is 3. The molecular formula is C75H102F3N7O22. The number of Topliss-reactive ketones (excluding diaryl/α,β-unsaturated/α-hetero) is 3. The quantitative estimate of drug-likeness (QED) is 0.0220. The normalized spacial score (nSPS) is 17.5. The van der Waals surface area contributed by atoms with Gasteiger partial charge < -0.3 is 71.8 Å². The molecule has 590 valence electrons. The number of phenols is 1. The number of carbonyl (C=O) groups is 8. The number of hydrogen-bond acceptors (Lipinski definition) is 25. The average Bonchev–Trinajstić information content (AvgIpc) is 1.62. The molecule has 1 aliphatic carbocycles. The number of carbonyl (C=O) groups excluding carboxylic acids is 8. The van der Waals surface area contributed by atoms with Gasteiger partial charge in [0, 0.05) is 86.2 Å². The lowest BCUT2D eigenvalue weighted by Gasteiger charge is -2.35. The molecule has 8 rings (SSSR count). The number of ketones is 3. The van der Waals surface area contributed by atoms with Gasteiger partial charge in [-0.05, 0) is 111 Å². The maximum Gasteiger partial charge on any atom is 0.509 e. The fourth-order valence-electron chi connectivity index (χ4n) is 13.6. The van der Waals surface area contributed by atoms with Gasteiger partial charge in [0.15, 0.2) is 11.6 Å². The summed E-state index contributed by atoms with van der Waals surface area (Å²) in [5.41, 5.74) is 1.57. The highest BCUT2D eigenvalue weighted by Gasteiger charge is 2.51. The summed E-state index contributed by atoms with van der Waals surface area (Å²) in [5.74, 6) is -5.01. The molecule has 2 N–H and O–H groups in total. The van der Waals surface area contributed by atoms with Crippen LogP contribution in [-0.2, 0) is 129 Å². The Balaban J connectivity index is 0.613. The Hall–Kier alpha value is -7.95. The predicted molar refractivity (Wildman–Crippen MR) is 376 cm³/mol. The summed E-state index contributed by atoms with van der Waals surface area (Å²) in [6.07, 6.45) is 3.67. The van der Waals surface area contributed by atoms with Gasteiger partial charge in [0.05, 0.1) is 147 Å². The minimum absolute atomic E-state index is 0.00465. The van der Waals surface area contributed by atoms with Crippen LogP contribution in [0.25, 0.3) is 22.3 Å². The summed E-state index contributed by atoms with van der Waals surface area (Å²) in [5, 5.41) is 21.2. The number of fused-ring (bicyclic) bond motifs is 5. The van der Waals surface area contributed by atoms with E-state index in [1.807, 2.05) is 32.3 Å². The Morgan fingerprint density at radius 2 is 1.34 bits per heavy atom. The van der Waals surface area contributed by atoms with Crippen molar-refractivity contribution in [3.05, 3.63) is 80.9 Å². The maximum absolute atomic E-state index is 14.3. The molecule has 3 amide bonds. The number of phenolic OH excluding ortho intramolecular Hbond substituents is 1. The van der Waals surface area contributed by atoms with Crippen molar-refractivity contribution in [2.75, 3.05) is 139 Å². The van der Waals surface area contributed by atoms with Crippen molar-refractivity contribution in [3.8, 4) is 17.1 Å². The number of pyridine rings is 2. The zero-order chi connectivity index (χ0) is 76.7. The number of esters is 1. The number of nitrogens with zero attached hydrogens (tertiary/aromatic N) is 6. The van der Waals surface area contributed by atoms with Gasteiger partial charge in [-0.25, -0.2) is 19.3 Å². The van der Waals surface area contributed by atoms with E-state index >= 15 is 0 Å². The molecule has 0 spiro atoms. The van der Waals surface area contributed by atoms with Crippen LogP contribution in [0, 0.1) is 29.6 Å². The van der Waals surface area contributed by atoms with Crippen LogP contribution in [-0.4, -0.2) is 227 Å². The number of hydrogen-bond donors (Lipinski definition) is 2. The fourth-order valence-corrected chi connectivity index (χ4v) is 13.6. The maximum atomic E-state index is 14.3. The van der Waals surface area contributed by atoms with E-state index in [4.69, 9.17) is 61.8 Å². The molecule has 1 aromatic carbocycles. The fraction of sp³-hybridized carbons (Fsp3) is 0.653. The summed E-state index contributed by atoms with van der Waals surface area (Å²) < 4.78 is 109. The zero-order valence-electron chi connectivity index (χ0n) is 61.6. The number of unbranched alkanes of at least 4 members (excludes halogenated alkanes) is 1. The van der Waals surface area contributed by atoms with Crippen molar-refractivity contribution in [1.29, 1.82) is 0 Å². The largest absolute Gasteiger partial charge is 0.509 e. The van der Waals surface area contributed by atoms with Gasteiger partial charge in [-0.1, -0.05) is 39.3 Å². The Labute approximate surface area is 619 Å². The molecule has 1 saturated carbocycles. The van der Waals surface area contributed by atoms with Gasteiger partial charge in [0.2, 0.25) is 5.60 Å². The van der Waals surface area contributed by atoms with Crippen molar-refractivity contribution < 1.29 is 113 Å². The summed E-state index contributed by atoms with van der Waals surface area (Å²) >= 11 is 0. The number of cyclic esters (lactones) is 1. The molecule has 3 aliphatic heterocycles. The van der Waals surface area contributed by atoms with Crippen LogP contribution in [0.3, 0.4) is 0 Å². The molecule has 1 fully saturated rings. The van der Waals surface area contributed by atoms with Crippen molar-refractivity contribution >= 4 is 58.1 Å². The highest BCUT2D eigenvalue weighted by molar-refractivity contribution is 6.12. The van der Waals surface area contributed by atoms with E-state index in [9.17, 15) is 61.4 Å². The Kier molecular flexibility index (Phi) is 34.3. The molecule has 107 heavy (non-hydrogen) atoms. The number of amides is 3. The van der Waals surface area contributed by atoms with Crippen LogP contribution in [0.15, 0.2) is 47.4 Å². The second-order valence-electron chi connectivity index (χ2n) is 27.2. The number of aryl methyl sites for hydroxylation is 2. The third-order valence-corrected chi connectivity index (χ3v) is 19.5. The lowest BCUT2D eigenvalue weighted by atomic mass is 9.78. The topological polar surface area (TPSA) is 348 Å². The Morgan fingerprint density at radius 1 is 0.729 bits per heavy atom. The van der Waals surface area contributed by atoms with Gasteiger partial charge in [0.1, 0.15) is 31.4 Å². The summed E-state index contributed by atoms with van der Waals surface area (Å²) in [6.45, 7) is 12.6. The van der Waals surface area contributed by atoms with Crippen LogP contribution < -0.4 is 10.9 Å². The van der Waals surface area contributed by atoms with Crippen molar-refractivity contribution in [2.45, 2.75) is 149 Å². The van der Waals surface area contributed by atoms with Crippen LogP contribution >= 0.6 is 0 Å². The number of aromatic nitrogens is 5. The summed E-state index contributed by atoms with van der Waals surface area (Å²) in [7, 11) is 0. The van der Waals surface area contributed by atoms with Gasteiger partial charge in [-0.2, -0.15) is 13.2 Å². The van der Waals surface area contributed by atoms with E-state index in [0.717, 1.165) is 47.9 Å². The van der Waals surface area contributed by atoms with Crippen LogP contribution in [0.4, 0.5) is 18.0 Å². The van der Waals surface area contributed by atoms with E-state index < -0.39 is 53.8 Å². The zero-order valence-corrected chi connectivity index (χ0v) is 61.6. The Morgan fingerprint density at radius 3 is 1.93 bits per heavy atom. The molecule has 3 aromatic heterocycles. The second kappa shape index (κ2) is 43.3. The molecule has 6 heterocycles. The first-order chi connectivity index (χ1) is 51.6. The van der Waals surface area contributed by atoms with E-state index in [1.54, 1.807) is 29.8 Å². The SMILES string of the molecule is CCc1c2c(nc3ccc(O)cc13)-c1cc3c(c(=O)n1C2)COC(=O)C3(CC)OC(=O)OCC(C(C)C)C(CCCCNC(=O)C(F)(F)F)CC(=O)COCC(=O)CCCOCCOCCOCCOCCOCCOCCOCCOCCn1cc(CCC(=O)C2CCC(CN3C(=O)C=CC3=O)CC2)nn1. The smallest absolute Gasteiger partial charge is 0.508 e. The van der Waals surface area contributed by atoms with Crippen LogP contribution in [0.5, 0.6) is 5.75 Å². The second-order valence-corrected chi connectivity index (χ2v) is 27.2. The minimum Gasteiger partial charge on any atom is -0.508 e. The van der Waals surface area contributed by atoms with E-state index in [-0.39, 0.29) is 142 Å². The first-order valence-corrected chi connectivity index (χ1v) is 37.1. The van der Waals surface area contributed by atoms with Crippen molar-refractivity contribution in [2.24, 2.45) is 29.6 Å². The van der Waals surface area contributed by atoms with E-state index in [0.29, 0.717) is 155 Å². The molecule has 4 aromatic rings. The number of ether oxygens (including phenoxy) is 12. The lowest BCUT2D eigenvalue weighted by molar-refractivity contribution is -0.176. The molecule has 3 unspecified atom stereocenters. The first kappa shape index (κ1) is 84.7. The third kappa shape index (κ3) is 25.6. The number of alkyl halides is 3. The molecule has 0 radical (unpaired) electrons. The molecule has 0 bridgehead atoms. The molecule has 4 aliphatic rings. The van der Waals surface area contributed by atoms with Gasteiger partial charge in [-0.15, -0.1) is 5.10 Å². The molecule has 0 saturated heterocycles. The first-order valence-electron chi connectivity index (χ1n) is 37.1. The standard InChI is InChI=1S/C75H102F3N7O22/c1-5-58-59-41-55(86)17-18-64(59)80-69-60(58)45-84-65(69)42-63-62(70(84)92)49-105-72(94)74(63,6-2)107-73(95)106-48-61(50(3)4)53(10-7-8-22-79-71(93)75(76,77)78)40-57(88)47-104-46-56(87)11-9-24-96-26-28-98-30-32-100-34-36-102-38-39-103-37-35-101-33-31-99-29-27-97-25-23-83-44-54(81-82-83)16-19-66(89)52-14-12-51(13-15-52)43-85-67(90)20-21-68(85)91/h17-18,20-21,41-42,44,50-53,61,86H,5-16,19,22-40,43,45-49H2,1-4H3,(H,79,93). The molecule has 29 nitrogen and oxygen atoms in total. The highest BCUT2D eigenvalue weighted by atomic mass is 19.4. The number of imide groups is 1. The highest BCUT2D eigenvalue weighted by Crippen LogP contribution is 2.43. The van der Waals surface area contributed by atoms with Gasteiger partial charge >= 0.3 is 24.2 Å². The van der Waals surface area contributed by atoms with Gasteiger partial charge in [0.25, 0.3) is 17.4 Å². The summed E-state index contributed by atoms with van der Waals surface area (Å²) in [4.78, 5) is 123. The Bertz CT molecular complexity index is 3690.